The number of nitrogens with zero attached hydrogens (tertiary/aromatic N) is 3. The number of aromatic hydroxyl groups is 1. The van der Waals surface area contributed by atoms with Gasteiger partial charge >= 0.3 is 29.6 Å². The van der Waals surface area contributed by atoms with E-state index in [0.29, 0.717) is 0 Å². The molecule has 26 nitrogen and oxygen atoms in total. The second-order valence-electron chi connectivity index (χ2n) is 17.3. The van der Waals surface area contributed by atoms with E-state index in [0.717, 1.165) is 21.9 Å². The smallest absolute Gasteiger partial charge is 0.691 e. The standard InChI is InChI=1S/C40H63N7O19S.Na/c1-18-9-23(51)13-41-38(60)33-34(56)19(2)14-47(33)40(62)32(27(54)7-8-45(4)22(16-48)17-49)44-37(59)31(28(55)10-21-5-6-26(53)29(11-21)64-67-66-65-63)43-36(58)25-12-24(52)15-46(25)39(61)30(20(3)50)42-35(18)57;/h5-6,11,18-20,22-25,27-28,30-34,48-56,63H,7-10,12-17H2,1-4H3,(H,41,60)(H,42,57)(H,43,58)(H,44,59);/q;+1/p-1/t18-,19-,20+,23+,24+,25-,27+,28+,30-,31-,32-,33-,34-;/m0./s1. The molecule has 3 aliphatic rings. The predicted octanol–water partition coefficient (Wildman–Crippen LogP) is -9.98. The molecule has 28 heteroatoms. The number of β-amino-alcohol motifs (C(OH)–C–C–N with tert-alkyl or cyclic N) is 1. The van der Waals surface area contributed by atoms with Gasteiger partial charge in [-0.05, 0) is 44.5 Å². The summed E-state index contributed by atoms with van der Waals surface area (Å²) < 4.78 is 9.12. The van der Waals surface area contributed by atoms with E-state index < -0.39 is 165 Å². The van der Waals surface area contributed by atoms with Crippen molar-refractivity contribution >= 4 is 47.8 Å². The molecule has 0 aromatic heterocycles. The van der Waals surface area contributed by atoms with Gasteiger partial charge in [-0.1, -0.05) is 19.9 Å². The molecule has 0 bridgehead atoms. The Morgan fingerprint density at radius 1 is 0.838 bits per heavy atom. The number of aliphatic hydroxyl groups excluding tert-OH is 8. The Bertz CT molecular complexity index is 1870. The average molecular weight is 1000 g/mol. The average Bonchev–Trinajstić information content (AvgIpc) is 3.83. The number of phenolic OH excluding ortho intramolecular Hbond substituents is 1. The van der Waals surface area contributed by atoms with Gasteiger partial charge in [0.25, 0.3) is 12.3 Å². The monoisotopic (exact) mass is 999 g/mol. The number of amides is 6. The number of nitrogens with one attached hydrogen (secondary N) is 4. The summed E-state index contributed by atoms with van der Waals surface area (Å²) in [4.78, 5) is 88.0. The maximum Gasteiger partial charge on any atom is 1.00 e. The van der Waals surface area contributed by atoms with E-state index in [4.69, 9.17) is 4.18 Å². The zero-order valence-corrected chi connectivity index (χ0v) is 41.1. The normalized spacial score (nSPS) is 29.5. The Balaban J connectivity index is 0.0000122. The largest absolute Gasteiger partial charge is 1.00 e. The van der Waals surface area contributed by atoms with E-state index in [9.17, 15) is 80.0 Å². The van der Waals surface area contributed by atoms with Crippen molar-refractivity contribution < 1.29 is 123 Å². The first-order chi connectivity index (χ1) is 31.6. The summed E-state index contributed by atoms with van der Waals surface area (Å²) in [6.07, 6.45) is -11.2. The maximum absolute atomic E-state index is 14.7. The first-order valence-electron chi connectivity index (χ1n) is 21.6. The number of likely N-dealkylation sites (N-methyl/N-ethyl adjacent to an activating group) is 1. The third kappa shape index (κ3) is 15.3. The Morgan fingerprint density at radius 3 is 2.10 bits per heavy atom. The third-order valence-corrected chi connectivity index (χ3v) is 12.5. The molecular formula is C40H62N7NaO19S. The molecule has 13 N–H and O–H groups in total. The molecule has 0 unspecified atom stereocenters. The molecule has 378 valence electrons. The fourth-order valence-corrected chi connectivity index (χ4v) is 8.42. The van der Waals surface area contributed by atoms with Crippen molar-refractivity contribution in [3.63, 3.8) is 0 Å². The Hall–Kier alpha value is -3.49. The second-order valence-corrected chi connectivity index (χ2v) is 17.7. The first kappa shape index (κ1) is 58.8. The summed E-state index contributed by atoms with van der Waals surface area (Å²) in [6, 6.07) is -6.26. The first-order valence-corrected chi connectivity index (χ1v) is 22.2. The van der Waals surface area contributed by atoms with Crippen LogP contribution in [-0.2, 0) is 44.6 Å². The Labute approximate surface area is 417 Å². The topological polar surface area (TPSA) is 393 Å². The zero-order valence-electron chi connectivity index (χ0n) is 38.2. The number of benzene rings is 1. The molecule has 0 spiro atoms. The molecule has 3 heterocycles. The van der Waals surface area contributed by atoms with Gasteiger partial charge in [0.1, 0.15) is 30.2 Å². The van der Waals surface area contributed by atoms with Crippen molar-refractivity contribution in [2.75, 3.05) is 46.4 Å². The Morgan fingerprint density at radius 2 is 1.47 bits per heavy atom. The zero-order chi connectivity index (χ0) is 49.9. The minimum atomic E-state index is -2.09. The van der Waals surface area contributed by atoms with Gasteiger partial charge in [0.2, 0.25) is 35.4 Å². The third-order valence-electron chi connectivity index (χ3n) is 12.2. The van der Waals surface area contributed by atoms with Crippen LogP contribution in [0.3, 0.4) is 0 Å². The number of rotatable bonds is 15. The van der Waals surface area contributed by atoms with Gasteiger partial charge in [-0.2, -0.15) is 0 Å². The van der Waals surface area contributed by atoms with Gasteiger partial charge in [0.15, 0.2) is 11.5 Å². The van der Waals surface area contributed by atoms with Gasteiger partial charge in [-0.25, -0.2) is 0 Å². The fourth-order valence-electron chi connectivity index (χ4n) is 8.17. The fraction of sp³-hybridized carbons (Fsp3) is 0.700. The van der Waals surface area contributed by atoms with Crippen LogP contribution in [0.15, 0.2) is 18.2 Å². The minimum absolute atomic E-state index is 0. The van der Waals surface area contributed by atoms with Crippen molar-refractivity contribution in [3.05, 3.63) is 23.8 Å². The van der Waals surface area contributed by atoms with Crippen LogP contribution in [-0.4, -0.2) is 215 Å². The molecule has 1 aromatic rings. The molecule has 0 radical (unpaired) electrons. The van der Waals surface area contributed by atoms with E-state index in [1.807, 2.05) is 0 Å². The van der Waals surface area contributed by atoms with Crippen LogP contribution in [0.25, 0.3) is 0 Å². The van der Waals surface area contributed by atoms with Crippen LogP contribution in [0.2, 0.25) is 0 Å². The molecule has 68 heavy (non-hydrogen) atoms. The van der Waals surface area contributed by atoms with Gasteiger partial charge in [-0.15, -0.1) is 4.33 Å². The minimum Gasteiger partial charge on any atom is -0.691 e. The molecule has 3 fully saturated rings. The van der Waals surface area contributed by atoms with E-state index in [1.54, 1.807) is 0 Å². The molecule has 6 amide bonds. The quantitative estimate of drug-likeness (QED) is 0.0255. The molecular weight excluding hydrogens is 938 g/mol. The number of fused-ring (bicyclic) bond motifs is 2. The number of carbonyl (C=O) groups is 6. The van der Waals surface area contributed by atoms with Gasteiger partial charge in [0, 0.05) is 50.9 Å². The molecule has 13 atom stereocenters. The van der Waals surface area contributed by atoms with Crippen molar-refractivity contribution in [3.8, 4) is 11.5 Å². The number of hydrogen-bond acceptors (Lipinski definition) is 21. The summed E-state index contributed by atoms with van der Waals surface area (Å²) >= 11 is 0.0235. The summed E-state index contributed by atoms with van der Waals surface area (Å²) in [5.74, 6) is -8.94. The van der Waals surface area contributed by atoms with Gasteiger partial charge in [-0.3, -0.25) is 38.7 Å². The van der Waals surface area contributed by atoms with E-state index >= 15 is 0 Å². The molecule has 4 rings (SSSR count). The SMILES string of the molecule is C[C@H]1C[C@@H](O)CNC(=O)[C@@H]2[C@@H](O)[C@@H](C)CN2C(=O)[C@H]([C@H](O)CCN(C)C(CO)CO)NC(=O)[C@H]([C@H](O)Cc2ccc(O)c(OSOO[O-])c2)NC(=O)[C@@H]2C[C@@H](O)CN2C(=O)[C@H]([C@@H](C)O)NC1=O.[Na+]. The van der Waals surface area contributed by atoms with E-state index in [1.165, 1.54) is 38.8 Å². The van der Waals surface area contributed by atoms with Crippen LogP contribution in [0.1, 0.15) is 45.6 Å². The van der Waals surface area contributed by atoms with Crippen molar-refractivity contribution in [2.24, 2.45) is 11.8 Å². The van der Waals surface area contributed by atoms with Crippen molar-refractivity contribution in [1.82, 2.24) is 36.0 Å². The number of hydrogen-bond donors (Lipinski definition) is 13. The molecule has 0 saturated carbocycles. The molecule has 3 aliphatic heterocycles. The number of phenols is 1. The summed E-state index contributed by atoms with van der Waals surface area (Å²) in [5, 5.41) is 120. The van der Waals surface area contributed by atoms with Gasteiger partial charge < -0.3 is 86.5 Å². The maximum atomic E-state index is 14.7. The number of carbonyl (C=O) groups excluding carboxylic acids is 6. The van der Waals surface area contributed by atoms with Crippen LogP contribution >= 0.6 is 12.3 Å². The number of aliphatic hydroxyl groups is 8. The predicted molar refractivity (Wildman–Crippen MR) is 226 cm³/mol. The van der Waals surface area contributed by atoms with Crippen LogP contribution in [0.4, 0.5) is 0 Å². The summed E-state index contributed by atoms with van der Waals surface area (Å²) in [7, 11) is 1.50. The van der Waals surface area contributed by atoms with E-state index in [2.05, 4.69) is 30.6 Å². The molecule has 0 aliphatic carbocycles. The second kappa shape index (κ2) is 27.2. The Kier molecular flexibility index (Phi) is 23.5. The molecule has 3 saturated heterocycles. The van der Waals surface area contributed by atoms with Crippen LogP contribution in [0.5, 0.6) is 11.5 Å². The van der Waals surface area contributed by atoms with Crippen LogP contribution in [0, 0.1) is 11.8 Å². The molecule has 1 aromatic carbocycles. The van der Waals surface area contributed by atoms with Gasteiger partial charge in [0.05, 0.1) is 55.9 Å². The summed E-state index contributed by atoms with van der Waals surface area (Å²) in [6.45, 7) is 1.78. The van der Waals surface area contributed by atoms with Crippen LogP contribution < -0.4 is 60.3 Å². The van der Waals surface area contributed by atoms with Crippen molar-refractivity contribution in [2.45, 2.75) is 119 Å². The van der Waals surface area contributed by atoms with E-state index in [-0.39, 0.29) is 79.1 Å². The summed E-state index contributed by atoms with van der Waals surface area (Å²) in [5.41, 5.74) is 0.128. The van der Waals surface area contributed by atoms with Crippen molar-refractivity contribution in [1.29, 1.82) is 0 Å².